The summed E-state index contributed by atoms with van der Waals surface area (Å²) in [5.74, 6) is 0.446. The van der Waals surface area contributed by atoms with Crippen LogP contribution >= 0.6 is 0 Å². The van der Waals surface area contributed by atoms with Crippen LogP contribution in [0.25, 0.3) is 5.69 Å². The van der Waals surface area contributed by atoms with Crippen molar-refractivity contribution >= 4 is 11.7 Å². The standard InChI is InChI=1S/C20H24N6O2/c1-14-11-18(15(2)25(14)13-17-9-6-10-28-17)19(27)12-21-20-22-23-24-26(20)16-7-4-3-5-8-16/h3-5,7-8,11,17H,6,9-10,12-13H2,1-2H3,(H,21,22,24). The van der Waals surface area contributed by atoms with E-state index in [-0.39, 0.29) is 18.4 Å². The number of anilines is 1. The highest BCUT2D eigenvalue weighted by molar-refractivity contribution is 6.00. The second kappa shape index (κ2) is 7.93. The molecule has 3 heterocycles. The molecule has 1 unspecified atom stereocenters. The van der Waals surface area contributed by atoms with Gasteiger partial charge in [0.25, 0.3) is 0 Å². The van der Waals surface area contributed by atoms with Crippen LogP contribution in [-0.4, -0.2) is 49.8 Å². The molecule has 8 heteroatoms. The molecule has 146 valence electrons. The van der Waals surface area contributed by atoms with E-state index in [0.717, 1.165) is 48.6 Å². The van der Waals surface area contributed by atoms with Crippen LogP contribution in [0.3, 0.4) is 0 Å². The summed E-state index contributed by atoms with van der Waals surface area (Å²) in [5.41, 5.74) is 3.60. The zero-order valence-corrected chi connectivity index (χ0v) is 16.1. The fourth-order valence-corrected chi connectivity index (χ4v) is 3.65. The Hall–Kier alpha value is -3.00. The lowest BCUT2D eigenvalue weighted by atomic mass is 10.1. The minimum atomic E-state index is 0.00861. The van der Waals surface area contributed by atoms with Crippen LogP contribution in [0.5, 0.6) is 0 Å². The first-order valence-electron chi connectivity index (χ1n) is 9.52. The Balaban J connectivity index is 1.46. The number of ketones is 1. The van der Waals surface area contributed by atoms with Gasteiger partial charge in [-0.25, -0.2) is 0 Å². The highest BCUT2D eigenvalue weighted by Crippen LogP contribution is 2.21. The Kier molecular flexibility index (Phi) is 5.21. The van der Waals surface area contributed by atoms with Gasteiger partial charge in [0, 0.05) is 30.1 Å². The normalized spacial score (nSPS) is 16.4. The third-order valence-electron chi connectivity index (χ3n) is 5.16. The van der Waals surface area contributed by atoms with Crippen molar-refractivity contribution in [1.82, 2.24) is 24.8 Å². The molecule has 0 spiro atoms. The number of nitrogens with zero attached hydrogens (tertiary/aromatic N) is 5. The molecule has 28 heavy (non-hydrogen) atoms. The predicted molar refractivity (Wildman–Crippen MR) is 105 cm³/mol. The fourth-order valence-electron chi connectivity index (χ4n) is 3.65. The van der Waals surface area contributed by atoms with Gasteiger partial charge in [0.1, 0.15) is 0 Å². The van der Waals surface area contributed by atoms with Crippen LogP contribution in [0.2, 0.25) is 0 Å². The number of benzene rings is 1. The summed E-state index contributed by atoms with van der Waals surface area (Å²) in [6.45, 7) is 5.77. The molecule has 1 atom stereocenters. The van der Waals surface area contributed by atoms with Gasteiger partial charge in [-0.1, -0.05) is 23.3 Å². The lowest BCUT2D eigenvalue weighted by Gasteiger charge is -2.14. The van der Waals surface area contributed by atoms with E-state index in [2.05, 4.69) is 25.4 Å². The monoisotopic (exact) mass is 380 g/mol. The summed E-state index contributed by atoms with van der Waals surface area (Å²) in [5, 5.41) is 14.8. The molecule has 0 bridgehead atoms. The number of Topliss-reactive ketones (excluding diaryl/α,β-unsaturated/α-hetero) is 1. The van der Waals surface area contributed by atoms with Crippen molar-refractivity contribution in [2.24, 2.45) is 0 Å². The molecule has 3 aromatic rings. The Morgan fingerprint density at radius 1 is 1.29 bits per heavy atom. The number of carbonyl (C=O) groups is 1. The SMILES string of the molecule is Cc1cc(C(=O)CNc2nnnn2-c2ccccc2)c(C)n1CC1CCCO1. The zero-order valence-electron chi connectivity index (χ0n) is 16.1. The highest BCUT2D eigenvalue weighted by atomic mass is 16.5. The van der Waals surface area contributed by atoms with Gasteiger partial charge >= 0.3 is 0 Å². The first-order chi connectivity index (χ1) is 13.6. The molecular weight excluding hydrogens is 356 g/mol. The molecule has 0 saturated carbocycles. The van der Waals surface area contributed by atoms with Crippen molar-refractivity contribution in [1.29, 1.82) is 0 Å². The third-order valence-corrected chi connectivity index (χ3v) is 5.16. The smallest absolute Gasteiger partial charge is 0.248 e. The summed E-state index contributed by atoms with van der Waals surface area (Å²) in [6, 6.07) is 11.5. The van der Waals surface area contributed by atoms with E-state index < -0.39 is 0 Å². The maximum atomic E-state index is 12.8. The van der Waals surface area contributed by atoms with Crippen LogP contribution in [0.4, 0.5) is 5.95 Å². The van der Waals surface area contributed by atoms with Crippen molar-refractivity contribution in [3.63, 3.8) is 0 Å². The highest BCUT2D eigenvalue weighted by Gasteiger charge is 2.21. The molecule has 0 aliphatic carbocycles. The summed E-state index contributed by atoms with van der Waals surface area (Å²) >= 11 is 0. The summed E-state index contributed by atoms with van der Waals surface area (Å²) in [7, 11) is 0. The third kappa shape index (κ3) is 3.68. The zero-order chi connectivity index (χ0) is 19.5. The minimum Gasteiger partial charge on any atom is -0.376 e. The molecule has 0 amide bonds. The van der Waals surface area contributed by atoms with Crippen molar-refractivity contribution < 1.29 is 9.53 Å². The maximum absolute atomic E-state index is 12.8. The van der Waals surface area contributed by atoms with Crippen molar-refractivity contribution in [3.05, 3.63) is 53.3 Å². The average Bonchev–Trinajstić information content (AvgIpc) is 3.44. The predicted octanol–water partition coefficient (Wildman–Crippen LogP) is 2.55. The van der Waals surface area contributed by atoms with Crippen molar-refractivity contribution in [2.45, 2.75) is 39.3 Å². The van der Waals surface area contributed by atoms with Crippen LogP contribution in [0.15, 0.2) is 36.4 Å². The number of aryl methyl sites for hydroxylation is 1. The minimum absolute atomic E-state index is 0.00861. The van der Waals surface area contributed by atoms with Crippen LogP contribution in [-0.2, 0) is 11.3 Å². The quantitative estimate of drug-likeness (QED) is 0.634. The molecule has 2 aromatic heterocycles. The van der Waals surface area contributed by atoms with Gasteiger partial charge in [0.2, 0.25) is 5.95 Å². The average molecular weight is 380 g/mol. The Morgan fingerprint density at radius 3 is 2.86 bits per heavy atom. The van der Waals surface area contributed by atoms with Gasteiger partial charge in [-0.15, -0.1) is 0 Å². The Labute approximate surface area is 163 Å². The Morgan fingerprint density at radius 2 is 2.11 bits per heavy atom. The lowest BCUT2D eigenvalue weighted by Crippen LogP contribution is -2.19. The lowest BCUT2D eigenvalue weighted by molar-refractivity contribution is 0.0956. The molecule has 8 nitrogen and oxygen atoms in total. The van der Waals surface area contributed by atoms with E-state index in [0.29, 0.717) is 5.95 Å². The fraction of sp³-hybridized carbons (Fsp3) is 0.400. The van der Waals surface area contributed by atoms with E-state index in [1.807, 2.05) is 50.2 Å². The largest absolute Gasteiger partial charge is 0.376 e. The topological polar surface area (TPSA) is 86.9 Å². The van der Waals surface area contributed by atoms with E-state index in [1.54, 1.807) is 4.68 Å². The number of para-hydroxylation sites is 1. The first-order valence-corrected chi connectivity index (χ1v) is 9.52. The Bertz CT molecular complexity index is 956. The van der Waals surface area contributed by atoms with Crippen molar-refractivity contribution in [3.8, 4) is 5.69 Å². The number of nitrogens with one attached hydrogen (secondary N) is 1. The molecule has 1 aliphatic rings. The molecule has 1 saturated heterocycles. The number of tetrazole rings is 1. The molecule has 1 aromatic carbocycles. The number of ether oxygens (including phenoxy) is 1. The van der Waals surface area contributed by atoms with Crippen LogP contribution in [0.1, 0.15) is 34.6 Å². The molecule has 1 N–H and O–H groups in total. The molecule has 1 aliphatic heterocycles. The number of hydrogen-bond acceptors (Lipinski definition) is 6. The van der Waals surface area contributed by atoms with Crippen LogP contribution < -0.4 is 5.32 Å². The second-order valence-electron chi connectivity index (χ2n) is 7.06. The molecule has 1 fully saturated rings. The van der Waals surface area contributed by atoms with Gasteiger partial charge in [0.15, 0.2) is 5.78 Å². The van der Waals surface area contributed by atoms with E-state index in [9.17, 15) is 4.79 Å². The van der Waals surface area contributed by atoms with E-state index in [1.165, 1.54) is 0 Å². The van der Waals surface area contributed by atoms with Crippen LogP contribution in [0, 0.1) is 13.8 Å². The van der Waals surface area contributed by atoms with Gasteiger partial charge in [0.05, 0.1) is 18.3 Å². The summed E-state index contributed by atoms with van der Waals surface area (Å²) < 4.78 is 9.50. The molecule has 4 rings (SSSR count). The summed E-state index contributed by atoms with van der Waals surface area (Å²) in [6.07, 6.45) is 2.42. The van der Waals surface area contributed by atoms with E-state index in [4.69, 9.17) is 4.74 Å². The first kappa shape index (κ1) is 18.4. The number of aromatic nitrogens is 5. The van der Waals surface area contributed by atoms with Crippen molar-refractivity contribution in [2.75, 3.05) is 18.5 Å². The van der Waals surface area contributed by atoms with E-state index >= 15 is 0 Å². The van der Waals surface area contributed by atoms with Gasteiger partial charge in [-0.3, -0.25) is 4.79 Å². The number of rotatable bonds is 7. The summed E-state index contributed by atoms with van der Waals surface area (Å²) in [4.78, 5) is 12.8. The maximum Gasteiger partial charge on any atom is 0.248 e. The van der Waals surface area contributed by atoms with Gasteiger partial charge in [-0.05, 0) is 55.3 Å². The van der Waals surface area contributed by atoms with Gasteiger partial charge < -0.3 is 14.6 Å². The van der Waals surface area contributed by atoms with Gasteiger partial charge in [-0.2, -0.15) is 4.68 Å². The number of carbonyl (C=O) groups excluding carboxylic acids is 1. The molecular formula is C20H24N6O2. The second-order valence-corrected chi connectivity index (χ2v) is 7.06. The number of hydrogen-bond donors (Lipinski definition) is 1. The molecule has 0 radical (unpaired) electrons.